The van der Waals surface area contributed by atoms with E-state index in [9.17, 15) is 4.39 Å². The fourth-order valence-electron chi connectivity index (χ4n) is 4.19. The second-order valence-electron chi connectivity index (χ2n) is 9.37. The standard InChI is InChI=1S/C25H30FN9O/c1-15(2)20-14-22(32-31-20)28-23-19(24(30-25(27)29-23)35-10-8-34(3)9-11-35)12-18-13-21(33-36-18)16-4-6-17(26)7-5-16/h4-7,13-15H,8-12H2,1-3H3,(H4,27,28,29,30,31,32). The van der Waals surface area contributed by atoms with E-state index in [1.165, 1.54) is 12.1 Å². The number of hydrogen-bond acceptors (Lipinski definition) is 9. The molecule has 0 radical (unpaired) electrons. The summed E-state index contributed by atoms with van der Waals surface area (Å²) in [6.45, 7) is 7.64. The van der Waals surface area contributed by atoms with Crippen molar-refractivity contribution in [2.24, 2.45) is 0 Å². The molecule has 0 atom stereocenters. The molecule has 188 valence electrons. The van der Waals surface area contributed by atoms with Crippen LogP contribution in [0.3, 0.4) is 0 Å². The number of aromatic nitrogens is 5. The topological polar surface area (TPSA) is 125 Å². The van der Waals surface area contributed by atoms with Crippen LogP contribution in [0.15, 0.2) is 40.9 Å². The van der Waals surface area contributed by atoms with Gasteiger partial charge in [0.1, 0.15) is 34.7 Å². The van der Waals surface area contributed by atoms with Crippen LogP contribution in [0.1, 0.15) is 36.8 Å². The van der Waals surface area contributed by atoms with E-state index in [0.29, 0.717) is 29.5 Å². The zero-order valence-corrected chi connectivity index (χ0v) is 20.6. The average Bonchev–Trinajstić information content (AvgIpc) is 3.52. The first-order chi connectivity index (χ1) is 17.4. The molecule has 1 aliphatic heterocycles. The van der Waals surface area contributed by atoms with Gasteiger partial charge in [0, 0.05) is 55.9 Å². The lowest BCUT2D eigenvalue weighted by atomic mass is 10.1. The van der Waals surface area contributed by atoms with Gasteiger partial charge >= 0.3 is 0 Å². The largest absolute Gasteiger partial charge is 0.368 e. The highest BCUT2D eigenvalue weighted by Gasteiger charge is 2.24. The molecular formula is C25H30FN9O. The summed E-state index contributed by atoms with van der Waals surface area (Å²) in [5.74, 6) is 2.86. The van der Waals surface area contributed by atoms with Gasteiger partial charge in [0.25, 0.3) is 0 Å². The summed E-state index contributed by atoms with van der Waals surface area (Å²) in [5, 5.41) is 15.0. The van der Waals surface area contributed by atoms with Gasteiger partial charge in [-0.05, 0) is 37.2 Å². The van der Waals surface area contributed by atoms with Gasteiger partial charge in [-0.15, -0.1) is 0 Å². The van der Waals surface area contributed by atoms with Crippen LogP contribution in [0.25, 0.3) is 11.3 Å². The first kappa shape index (κ1) is 23.7. The summed E-state index contributed by atoms with van der Waals surface area (Å²) in [6.07, 6.45) is 0.393. The number of likely N-dealkylation sites (N-methyl/N-ethyl adjacent to an activating group) is 1. The van der Waals surface area contributed by atoms with Crippen LogP contribution in [0.2, 0.25) is 0 Å². The van der Waals surface area contributed by atoms with Crippen molar-refractivity contribution >= 4 is 23.4 Å². The van der Waals surface area contributed by atoms with E-state index >= 15 is 0 Å². The minimum Gasteiger partial charge on any atom is -0.368 e. The molecule has 1 aliphatic rings. The van der Waals surface area contributed by atoms with Crippen LogP contribution >= 0.6 is 0 Å². The molecule has 0 amide bonds. The Labute approximate surface area is 208 Å². The van der Waals surface area contributed by atoms with E-state index in [-0.39, 0.29) is 17.7 Å². The van der Waals surface area contributed by atoms with Crippen LogP contribution in [0.5, 0.6) is 0 Å². The maximum Gasteiger partial charge on any atom is 0.223 e. The Morgan fingerprint density at radius 3 is 2.56 bits per heavy atom. The second kappa shape index (κ2) is 9.94. The Morgan fingerprint density at radius 2 is 1.86 bits per heavy atom. The van der Waals surface area contributed by atoms with Crippen LogP contribution < -0.4 is 16.0 Å². The molecule has 0 unspecified atom stereocenters. The number of benzene rings is 1. The fourth-order valence-corrected chi connectivity index (χ4v) is 4.19. The molecule has 4 N–H and O–H groups in total. The maximum atomic E-state index is 13.4. The van der Waals surface area contributed by atoms with Crippen molar-refractivity contribution in [3.63, 3.8) is 0 Å². The van der Waals surface area contributed by atoms with Crippen LogP contribution in [-0.4, -0.2) is 63.4 Å². The number of anilines is 4. The number of H-pyrrole nitrogens is 1. The smallest absolute Gasteiger partial charge is 0.223 e. The molecular weight excluding hydrogens is 461 g/mol. The molecule has 1 fully saturated rings. The average molecular weight is 492 g/mol. The second-order valence-corrected chi connectivity index (χ2v) is 9.37. The third-order valence-corrected chi connectivity index (χ3v) is 6.30. The molecule has 4 heterocycles. The van der Waals surface area contributed by atoms with Crippen molar-refractivity contribution in [3.8, 4) is 11.3 Å². The molecule has 11 heteroatoms. The highest BCUT2D eigenvalue weighted by atomic mass is 19.1. The summed E-state index contributed by atoms with van der Waals surface area (Å²) in [7, 11) is 2.11. The third kappa shape index (κ3) is 5.15. The lowest BCUT2D eigenvalue weighted by molar-refractivity contribution is 0.311. The first-order valence-corrected chi connectivity index (χ1v) is 12.0. The minimum atomic E-state index is -0.298. The fraction of sp³-hybridized carbons (Fsp3) is 0.360. The Bertz CT molecular complexity index is 1320. The van der Waals surface area contributed by atoms with Crippen LogP contribution in [-0.2, 0) is 6.42 Å². The Kier molecular flexibility index (Phi) is 6.55. The minimum absolute atomic E-state index is 0.184. The molecule has 36 heavy (non-hydrogen) atoms. The van der Waals surface area contributed by atoms with E-state index in [0.717, 1.165) is 48.8 Å². The third-order valence-electron chi connectivity index (χ3n) is 6.30. The molecule has 4 aromatic rings. The van der Waals surface area contributed by atoms with Crippen molar-refractivity contribution < 1.29 is 8.91 Å². The summed E-state index contributed by atoms with van der Waals surface area (Å²) in [5.41, 5.74) is 9.36. The summed E-state index contributed by atoms with van der Waals surface area (Å²) in [4.78, 5) is 13.7. The van der Waals surface area contributed by atoms with E-state index in [2.05, 4.69) is 61.3 Å². The zero-order valence-electron chi connectivity index (χ0n) is 20.6. The molecule has 10 nitrogen and oxygen atoms in total. The summed E-state index contributed by atoms with van der Waals surface area (Å²) in [6, 6.07) is 9.98. The maximum absolute atomic E-state index is 13.4. The Hall–Kier alpha value is -3.99. The molecule has 0 aliphatic carbocycles. The van der Waals surface area contributed by atoms with Crippen molar-refractivity contribution in [1.29, 1.82) is 0 Å². The lowest BCUT2D eigenvalue weighted by Crippen LogP contribution is -2.45. The Morgan fingerprint density at radius 1 is 1.11 bits per heavy atom. The summed E-state index contributed by atoms with van der Waals surface area (Å²) >= 11 is 0. The normalized spacial score (nSPS) is 14.5. The predicted molar refractivity (Wildman–Crippen MR) is 137 cm³/mol. The molecule has 0 saturated carbocycles. The van der Waals surface area contributed by atoms with Gasteiger partial charge in [0.2, 0.25) is 5.95 Å². The molecule has 1 aromatic carbocycles. The van der Waals surface area contributed by atoms with Crippen LogP contribution in [0.4, 0.5) is 27.8 Å². The van der Waals surface area contributed by atoms with Crippen molar-refractivity contribution in [3.05, 3.63) is 59.2 Å². The van der Waals surface area contributed by atoms with Gasteiger partial charge in [-0.2, -0.15) is 15.1 Å². The number of hydrogen-bond donors (Lipinski definition) is 3. The van der Waals surface area contributed by atoms with E-state index in [4.69, 9.17) is 10.3 Å². The number of aromatic amines is 1. The van der Waals surface area contributed by atoms with E-state index < -0.39 is 0 Å². The number of nitrogen functional groups attached to an aromatic ring is 1. The van der Waals surface area contributed by atoms with Gasteiger partial charge in [0.15, 0.2) is 0 Å². The number of piperazine rings is 1. The van der Waals surface area contributed by atoms with Crippen molar-refractivity contribution in [2.75, 3.05) is 49.2 Å². The van der Waals surface area contributed by atoms with Crippen molar-refractivity contribution in [2.45, 2.75) is 26.2 Å². The quantitative estimate of drug-likeness (QED) is 0.354. The molecule has 3 aromatic heterocycles. The van der Waals surface area contributed by atoms with Gasteiger partial charge in [0.05, 0.1) is 5.69 Å². The number of halogens is 1. The van der Waals surface area contributed by atoms with E-state index in [1.54, 1.807) is 12.1 Å². The predicted octanol–water partition coefficient (Wildman–Crippen LogP) is 3.79. The first-order valence-electron chi connectivity index (χ1n) is 12.0. The molecule has 5 rings (SSSR count). The van der Waals surface area contributed by atoms with E-state index in [1.807, 2.05) is 12.1 Å². The zero-order chi connectivity index (χ0) is 25.2. The SMILES string of the molecule is CC(C)c1cc(Nc2nc(N)nc(N3CCN(C)CC3)c2Cc2cc(-c3ccc(F)cc3)no2)[nH]n1. The highest BCUT2D eigenvalue weighted by Crippen LogP contribution is 2.32. The lowest BCUT2D eigenvalue weighted by Gasteiger charge is -2.34. The highest BCUT2D eigenvalue weighted by molar-refractivity contribution is 5.67. The number of nitrogens with two attached hydrogens (primary N) is 1. The van der Waals surface area contributed by atoms with Gasteiger partial charge < -0.3 is 25.4 Å². The summed E-state index contributed by atoms with van der Waals surface area (Å²) < 4.78 is 19.0. The van der Waals surface area contributed by atoms with Crippen LogP contribution in [0, 0.1) is 5.82 Å². The van der Waals surface area contributed by atoms with Gasteiger partial charge in [-0.3, -0.25) is 5.10 Å². The number of nitrogens with one attached hydrogen (secondary N) is 2. The number of rotatable bonds is 7. The number of nitrogens with zero attached hydrogens (tertiary/aromatic N) is 6. The molecule has 0 bridgehead atoms. The molecule has 0 spiro atoms. The van der Waals surface area contributed by atoms with Gasteiger partial charge in [-0.25, -0.2) is 4.39 Å². The van der Waals surface area contributed by atoms with Crippen molar-refractivity contribution in [1.82, 2.24) is 30.2 Å². The Balaban J connectivity index is 1.51. The van der Waals surface area contributed by atoms with Gasteiger partial charge in [-0.1, -0.05) is 19.0 Å². The molecule has 1 saturated heterocycles. The monoisotopic (exact) mass is 491 g/mol.